The number of hydrogen-bond donors (Lipinski definition) is 2. The Kier molecular flexibility index (Phi) is 4.66. The number of nitrogens with one attached hydrogen (secondary N) is 1. The van der Waals surface area contributed by atoms with E-state index in [1.807, 2.05) is 26.0 Å². The number of carbonyl (C=O) groups is 1. The summed E-state index contributed by atoms with van der Waals surface area (Å²) in [5.41, 5.74) is 6.85. The molecule has 0 spiro atoms. The number of carbonyl (C=O) groups excluding carboxylic acids is 1. The smallest absolute Gasteiger partial charge is 0.251 e. The van der Waals surface area contributed by atoms with Gasteiger partial charge in [0.25, 0.3) is 5.91 Å². The van der Waals surface area contributed by atoms with Crippen LogP contribution in [0.25, 0.3) is 0 Å². The van der Waals surface area contributed by atoms with Crippen LogP contribution < -0.4 is 11.1 Å². The summed E-state index contributed by atoms with van der Waals surface area (Å²) in [7, 11) is 1.64. The van der Waals surface area contributed by atoms with Gasteiger partial charge >= 0.3 is 0 Å². The van der Waals surface area contributed by atoms with E-state index in [1.54, 1.807) is 19.2 Å². The molecule has 94 valence electrons. The van der Waals surface area contributed by atoms with Gasteiger partial charge in [-0.15, -0.1) is 0 Å². The minimum atomic E-state index is -0.387. The summed E-state index contributed by atoms with van der Waals surface area (Å²) in [5, 5.41) is 2.88. The minimum Gasteiger partial charge on any atom is -0.380 e. The Bertz CT molecular complexity index is 372. The Morgan fingerprint density at radius 1 is 1.35 bits per heavy atom. The van der Waals surface area contributed by atoms with Crippen LogP contribution in [0.4, 0.5) is 0 Å². The monoisotopic (exact) mass is 236 g/mol. The quantitative estimate of drug-likeness (QED) is 0.810. The molecule has 1 amide bonds. The Morgan fingerprint density at radius 2 is 1.94 bits per heavy atom. The third kappa shape index (κ3) is 4.17. The van der Waals surface area contributed by atoms with E-state index in [9.17, 15) is 4.79 Å². The molecule has 0 heterocycles. The third-order valence-corrected chi connectivity index (χ3v) is 2.49. The van der Waals surface area contributed by atoms with Crippen molar-refractivity contribution in [2.75, 3.05) is 13.7 Å². The van der Waals surface area contributed by atoms with E-state index in [2.05, 4.69) is 5.32 Å². The molecule has 0 aliphatic heterocycles. The minimum absolute atomic E-state index is 0.107. The van der Waals surface area contributed by atoms with E-state index in [0.29, 0.717) is 18.7 Å². The fraction of sp³-hybridized carbons (Fsp3) is 0.462. The average Bonchev–Trinajstić information content (AvgIpc) is 2.30. The normalized spacial score (nSPS) is 11.3. The molecule has 0 fully saturated rings. The first-order chi connectivity index (χ1) is 7.98. The van der Waals surface area contributed by atoms with Gasteiger partial charge in [0.15, 0.2) is 0 Å². The standard InChI is InChI=1S/C13H20N2O2/c1-13(2,9-14)15-12(16)11-6-4-10(5-7-11)8-17-3/h4-7H,8-9,14H2,1-3H3,(H,15,16). The first kappa shape index (κ1) is 13.7. The van der Waals surface area contributed by atoms with E-state index < -0.39 is 0 Å². The second kappa shape index (κ2) is 5.80. The lowest BCUT2D eigenvalue weighted by Gasteiger charge is -2.24. The summed E-state index contributed by atoms with van der Waals surface area (Å²) >= 11 is 0. The molecule has 0 unspecified atom stereocenters. The number of nitrogens with two attached hydrogens (primary N) is 1. The zero-order valence-corrected chi connectivity index (χ0v) is 10.6. The number of ether oxygens (including phenoxy) is 1. The number of rotatable bonds is 5. The van der Waals surface area contributed by atoms with Gasteiger partial charge in [-0.3, -0.25) is 4.79 Å². The lowest BCUT2D eigenvalue weighted by molar-refractivity contribution is 0.0915. The van der Waals surface area contributed by atoms with Gasteiger partial charge in [-0.25, -0.2) is 0 Å². The van der Waals surface area contributed by atoms with Crippen molar-refractivity contribution in [2.24, 2.45) is 5.73 Å². The Hall–Kier alpha value is -1.39. The van der Waals surface area contributed by atoms with Gasteiger partial charge in [-0.2, -0.15) is 0 Å². The molecule has 1 aromatic carbocycles. The molecule has 0 saturated heterocycles. The van der Waals surface area contributed by atoms with E-state index in [1.165, 1.54) is 0 Å². The first-order valence-electron chi connectivity index (χ1n) is 5.59. The van der Waals surface area contributed by atoms with Crippen LogP contribution >= 0.6 is 0 Å². The second-order valence-corrected chi connectivity index (χ2v) is 4.67. The molecule has 0 saturated carbocycles. The summed E-state index contributed by atoms with van der Waals surface area (Å²) in [5.74, 6) is -0.107. The predicted octanol–water partition coefficient (Wildman–Crippen LogP) is 1.30. The highest BCUT2D eigenvalue weighted by Crippen LogP contribution is 2.07. The lowest BCUT2D eigenvalue weighted by Crippen LogP contribution is -2.48. The molecule has 3 N–H and O–H groups in total. The Balaban J connectivity index is 2.70. The van der Waals surface area contributed by atoms with Gasteiger partial charge in [0, 0.05) is 24.8 Å². The highest BCUT2D eigenvalue weighted by Gasteiger charge is 2.18. The molecular formula is C13H20N2O2. The van der Waals surface area contributed by atoms with E-state index in [0.717, 1.165) is 5.56 Å². The Morgan fingerprint density at radius 3 is 2.41 bits per heavy atom. The molecule has 0 radical (unpaired) electrons. The number of benzene rings is 1. The van der Waals surface area contributed by atoms with E-state index in [4.69, 9.17) is 10.5 Å². The molecule has 0 aromatic heterocycles. The lowest BCUT2D eigenvalue weighted by atomic mass is 10.0. The van der Waals surface area contributed by atoms with Crippen molar-refractivity contribution in [2.45, 2.75) is 26.0 Å². The summed E-state index contributed by atoms with van der Waals surface area (Å²) in [6.07, 6.45) is 0. The van der Waals surface area contributed by atoms with Gasteiger partial charge in [0.2, 0.25) is 0 Å². The maximum Gasteiger partial charge on any atom is 0.251 e. The van der Waals surface area contributed by atoms with Crippen molar-refractivity contribution in [3.8, 4) is 0 Å². The van der Waals surface area contributed by atoms with Crippen molar-refractivity contribution in [3.05, 3.63) is 35.4 Å². The maximum atomic E-state index is 11.9. The van der Waals surface area contributed by atoms with Gasteiger partial charge in [0.05, 0.1) is 6.61 Å². The fourth-order valence-corrected chi connectivity index (χ4v) is 1.35. The summed E-state index contributed by atoms with van der Waals surface area (Å²) in [6.45, 7) is 4.74. The molecule has 1 rings (SSSR count). The number of hydrogen-bond acceptors (Lipinski definition) is 3. The summed E-state index contributed by atoms with van der Waals surface area (Å²) in [4.78, 5) is 11.9. The van der Waals surface area contributed by atoms with Crippen LogP contribution in [0.2, 0.25) is 0 Å². The van der Waals surface area contributed by atoms with Crippen LogP contribution in [-0.2, 0) is 11.3 Å². The predicted molar refractivity (Wildman–Crippen MR) is 67.8 cm³/mol. The fourth-order valence-electron chi connectivity index (χ4n) is 1.35. The summed E-state index contributed by atoms with van der Waals surface area (Å²) < 4.78 is 5.01. The number of methoxy groups -OCH3 is 1. The van der Waals surface area contributed by atoms with Gasteiger partial charge in [0.1, 0.15) is 0 Å². The van der Waals surface area contributed by atoms with Crippen molar-refractivity contribution >= 4 is 5.91 Å². The maximum absolute atomic E-state index is 11.9. The molecular weight excluding hydrogens is 216 g/mol. The van der Waals surface area contributed by atoms with E-state index in [-0.39, 0.29) is 11.4 Å². The van der Waals surface area contributed by atoms with Gasteiger partial charge in [-0.1, -0.05) is 12.1 Å². The summed E-state index contributed by atoms with van der Waals surface area (Å²) in [6, 6.07) is 7.34. The van der Waals surface area contributed by atoms with Crippen LogP contribution in [0.5, 0.6) is 0 Å². The SMILES string of the molecule is COCc1ccc(C(=O)NC(C)(C)CN)cc1. The average molecular weight is 236 g/mol. The molecule has 17 heavy (non-hydrogen) atoms. The van der Waals surface area contributed by atoms with Crippen LogP contribution in [0.15, 0.2) is 24.3 Å². The van der Waals surface area contributed by atoms with Crippen molar-refractivity contribution in [1.29, 1.82) is 0 Å². The highest BCUT2D eigenvalue weighted by atomic mass is 16.5. The van der Waals surface area contributed by atoms with Crippen LogP contribution in [0, 0.1) is 0 Å². The van der Waals surface area contributed by atoms with E-state index >= 15 is 0 Å². The molecule has 1 aromatic rings. The van der Waals surface area contributed by atoms with Crippen molar-refractivity contribution in [1.82, 2.24) is 5.32 Å². The first-order valence-corrected chi connectivity index (χ1v) is 5.59. The van der Waals surface area contributed by atoms with Crippen LogP contribution in [0.3, 0.4) is 0 Å². The van der Waals surface area contributed by atoms with Crippen molar-refractivity contribution in [3.63, 3.8) is 0 Å². The third-order valence-electron chi connectivity index (χ3n) is 2.49. The highest BCUT2D eigenvalue weighted by molar-refractivity contribution is 5.94. The van der Waals surface area contributed by atoms with Gasteiger partial charge < -0.3 is 15.8 Å². The topological polar surface area (TPSA) is 64.3 Å². The number of amides is 1. The van der Waals surface area contributed by atoms with Crippen LogP contribution in [-0.4, -0.2) is 25.1 Å². The Labute approximate surface area is 102 Å². The van der Waals surface area contributed by atoms with Gasteiger partial charge in [-0.05, 0) is 31.5 Å². The molecule has 4 heteroatoms. The zero-order chi connectivity index (χ0) is 12.9. The molecule has 0 aliphatic rings. The van der Waals surface area contributed by atoms with Crippen molar-refractivity contribution < 1.29 is 9.53 Å². The largest absolute Gasteiger partial charge is 0.380 e. The molecule has 0 atom stereocenters. The van der Waals surface area contributed by atoms with Crippen LogP contribution in [0.1, 0.15) is 29.8 Å². The molecule has 0 bridgehead atoms. The zero-order valence-electron chi connectivity index (χ0n) is 10.6. The molecule has 4 nitrogen and oxygen atoms in total. The molecule has 0 aliphatic carbocycles. The second-order valence-electron chi connectivity index (χ2n) is 4.67.